The molecular weight excluding hydrogens is 289 g/mol. The molecule has 0 spiro atoms. The van der Waals surface area contributed by atoms with Gasteiger partial charge in [0, 0.05) is 19.3 Å². The molecule has 2 N–H and O–H groups in total. The summed E-state index contributed by atoms with van der Waals surface area (Å²) in [6.07, 6.45) is 4.09. The number of hydrogen-bond acceptors (Lipinski definition) is 3. The van der Waals surface area contributed by atoms with Crippen molar-refractivity contribution in [3.8, 4) is 0 Å². The highest BCUT2D eigenvalue weighted by Gasteiger charge is 2.21. The van der Waals surface area contributed by atoms with Crippen LogP contribution in [-0.4, -0.2) is 24.6 Å². The van der Waals surface area contributed by atoms with Crippen LogP contribution in [0.1, 0.15) is 12.8 Å². The molecule has 1 atom stereocenters. The van der Waals surface area contributed by atoms with Crippen molar-refractivity contribution in [2.45, 2.75) is 12.8 Å². The second-order valence-electron chi connectivity index (χ2n) is 4.15. The predicted molar refractivity (Wildman–Crippen MR) is 70.9 cm³/mol. The van der Waals surface area contributed by atoms with Crippen molar-refractivity contribution in [1.82, 2.24) is 4.98 Å². The first kappa shape index (κ1) is 12.1. The highest BCUT2D eigenvalue weighted by Crippen LogP contribution is 2.29. The molecule has 1 aliphatic heterocycles. The van der Waals surface area contributed by atoms with E-state index in [0.717, 1.165) is 29.9 Å². The molecule has 5 heteroatoms. The highest BCUT2D eigenvalue weighted by atomic mass is 79.9. The summed E-state index contributed by atoms with van der Waals surface area (Å²) in [5, 5.41) is 0.656. The Bertz CT molecular complexity index is 372. The van der Waals surface area contributed by atoms with Gasteiger partial charge >= 0.3 is 0 Å². The third-order valence-corrected chi connectivity index (χ3v) is 3.73. The number of aromatic nitrogens is 1. The van der Waals surface area contributed by atoms with Crippen LogP contribution < -0.4 is 10.6 Å². The second-order valence-corrected chi connectivity index (χ2v) is 5.44. The molecule has 1 fully saturated rings. The number of pyridine rings is 1. The summed E-state index contributed by atoms with van der Waals surface area (Å²) in [6, 6.07) is 1.88. The Labute approximate surface area is 109 Å². The summed E-state index contributed by atoms with van der Waals surface area (Å²) in [7, 11) is 0. The molecule has 0 amide bonds. The third-order valence-electron chi connectivity index (χ3n) is 2.94. The number of halogens is 2. The monoisotopic (exact) mass is 303 g/mol. The van der Waals surface area contributed by atoms with E-state index in [4.69, 9.17) is 17.3 Å². The number of anilines is 1. The van der Waals surface area contributed by atoms with E-state index in [9.17, 15) is 0 Å². The minimum absolute atomic E-state index is 0.582. The van der Waals surface area contributed by atoms with E-state index < -0.39 is 0 Å². The molecular formula is C11H15BrClN3. The Hall–Kier alpha value is -0.320. The SMILES string of the molecule is NCC1CCCN(c2ncc(Cl)cc2Br)C1. The van der Waals surface area contributed by atoms with Gasteiger partial charge in [0.1, 0.15) is 5.82 Å². The first-order valence-corrected chi connectivity index (χ1v) is 6.64. The van der Waals surface area contributed by atoms with Crippen LogP contribution in [0.15, 0.2) is 16.7 Å². The molecule has 2 rings (SSSR count). The van der Waals surface area contributed by atoms with Gasteiger partial charge in [-0.05, 0) is 47.3 Å². The van der Waals surface area contributed by atoms with E-state index in [-0.39, 0.29) is 0 Å². The van der Waals surface area contributed by atoms with Gasteiger partial charge in [-0.15, -0.1) is 0 Å². The normalized spacial score (nSPS) is 21.2. The molecule has 1 aromatic heterocycles. The van der Waals surface area contributed by atoms with Crippen molar-refractivity contribution in [1.29, 1.82) is 0 Å². The van der Waals surface area contributed by atoms with E-state index >= 15 is 0 Å². The first-order valence-electron chi connectivity index (χ1n) is 5.46. The molecule has 1 unspecified atom stereocenters. The van der Waals surface area contributed by atoms with Crippen LogP contribution in [0, 0.1) is 5.92 Å². The van der Waals surface area contributed by atoms with Crippen molar-refractivity contribution >= 4 is 33.3 Å². The molecule has 1 aliphatic rings. The molecule has 16 heavy (non-hydrogen) atoms. The lowest BCUT2D eigenvalue weighted by Crippen LogP contribution is -2.39. The predicted octanol–water partition coefficient (Wildman–Crippen LogP) is 2.67. The molecule has 0 aromatic carbocycles. The summed E-state index contributed by atoms with van der Waals surface area (Å²) in [4.78, 5) is 6.66. The van der Waals surface area contributed by atoms with Gasteiger partial charge in [-0.2, -0.15) is 0 Å². The Balaban J connectivity index is 2.16. The molecule has 0 aliphatic carbocycles. The second kappa shape index (κ2) is 5.34. The zero-order valence-corrected chi connectivity index (χ0v) is 11.3. The van der Waals surface area contributed by atoms with E-state index in [1.807, 2.05) is 6.07 Å². The van der Waals surface area contributed by atoms with Crippen molar-refractivity contribution in [2.24, 2.45) is 11.7 Å². The van der Waals surface area contributed by atoms with Gasteiger partial charge in [-0.25, -0.2) is 4.98 Å². The van der Waals surface area contributed by atoms with Gasteiger partial charge in [-0.1, -0.05) is 11.6 Å². The molecule has 2 heterocycles. The fourth-order valence-electron chi connectivity index (χ4n) is 2.09. The van der Waals surface area contributed by atoms with Crippen LogP contribution in [0.4, 0.5) is 5.82 Å². The average molecular weight is 305 g/mol. The maximum atomic E-state index is 5.88. The summed E-state index contributed by atoms with van der Waals surface area (Å²) < 4.78 is 0.956. The van der Waals surface area contributed by atoms with E-state index in [1.54, 1.807) is 6.20 Å². The molecule has 0 bridgehead atoms. The van der Waals surface area contributed by atoms with Crippen molar-refractivity contribution in [2.75, 3.05) is 24.5 Å². The fraction of sp³-hybridized carbons (Fsp3) is 0.545. The van der Waals surface area contributed by atoms with Crippen LogP contribution in [0.25, 0.3) is 0 Å². The number of hydrogen-bond donors (Lipinski definition) is 1. The lowest BCUT2D eigenvalue weighted by atomic mass is 9.98. The van der Waals surface area contributed by atoms with Gasteiger partial charge in [0.25, 0.3) is 0 Å². The quantitative estimate of drug-likeness (QED) is 0.913. The topological polar surface area (TPSA) is 42.1 Å². The molecule has 88 valence electrons. The smallest absolute Gasteiger partial charge is 0.142 e. The Morgan fingerprint density at radius 3 is 3.12 bits per heavy atom. The van der Waals surface area contributed by atoms with Crippen LogP contribution in [0.2, 0.25) is 5.02 Å². The van der Waals surface area contributed by atoms with Gasteiger partial charge in [0.15, 0.2) is 0 Å². The summed E-state index contributed by atoms with van der Waals surface area (Å²) in [6.45, 7) is 2.79. The van der Waals surface area contributed by atoms with Gasteiger partial charge in [0.2, 0.25) is 0 Å². The zero-order chi connectivity index (χ0) is 11.5. The Kier molecular flexibility index (Phi) is 4.05. The molecule has 1 aromatic rings. The van der Waals surface area contributed by atoms with Crippen LogP contribution in [-0.2, 0) is 0 Å². The summed E-state index contributed by atoms with van der Waals surface area (Å²) in [5.41, 5.74) is 5.73. The lowest BCUT2D eigenvalue weighted by Gasteiger charge is -2.33. The maximum absolute atomic E-state index is 5.88. The van der Waals surface area contributed by atoms with Crippen molar-refractivity contribution < 1.29 is 0 Å². The Morgan fingerprint density at radius 2 is 2.44 bits per heavy atom. The number of piperidine rings is 1. The maximum Gasteiger partial charge on any atom is 0.142 e. The largest absolute Gasteiger partial charge is 0.355 e. The number of nitrogens with zero attached hydrogens (tertiary/aromatic N) is 2. The van der Waals surface area contributed by atoms with Gasteiger partial charge < -0.3 is 10.6 Å². The van der Waals surface area contributed by atoms with Gasteiger partial charge in [-0.3, -0.25) is 0 Å². The van der Waals surface area contributed by atoms with E-state index in [2.05, 4.69) is 25.8 Å². The van der Waals surface area contributed by atoms with Crippen molar-refractivity contribution in [3.05, 3.63) is 21.8 Å². The third kappa shape index (κ3) is 2.67. The van der Waals surface area contributed by atoms with E-state index in [0.29, 0.717) is 10.9 Å². The zero-order valence-electron chi connectivity index (χ0n) is 9.00. The lowest BCUT2D eigenvalue weighted by molar-refractivity contribution is 0.421. The van der Waals surface area contributed by atoms with E-state index in [1.165, 1.54) is 12.8 Å². The molecule has 0 saturated carbocycles. The Morgan fingerprint density at radius 1 is 1.62 bits per heavy atom. The summed E-state index contributed by atoms with van der Waals surface area (Å²) in [5.74, 6) is 1.56. The first-order chi connectivity index (χ1) is 7.70. The highest BCUT2D eigenvalue weighted by molar-refractivity contribution is 9.10. The van der Waals surface area contributed by atoms with Crippen LogP contribution in [0.5, 0.6) is 0 Å². The van der Waals surface area contributed by atoms with Crippen LogP contribution >= 0.6 is 27.5 Å². The number of nitrogens with two attached hydrogens (primary N) is 1. The van der Waals surface area contributed by atoms with Crippen LogP contribution in [0.3, 0.4) is 0 Å². The minimum Gasteiger partial charge on any atom is -0.355 e. The standard InChI is InChI=1S/C11H15BrClN3/c12-10-4-9(13)6-15-11(10)16-3-1-2-8(5-14)7-16/h4,6,8H,1-3,5,7,14H2. The molecule has 1 saturated heterocycles. The van der Waals surface area contributed by atoms with Gasteiger partial charge in [0.05, 0.1) is 9.50 Å². The summed E-state index contributed by atoms with van der Waals surface area (Å²) >= 11 is 9.39. The number of rotatable bonds is 2. The average Bonchev–Trinajstić information content (AvgIpc) is 2.29. The molecule has 3 nitrogen and oxygen atoms in total. The van der Waals surface area contributed by atoms with Crippen molar-refractivity contribution in [3.63, 3.8) is 0 Å². The fourth-order valence-corrected chi connectivity index (χ4v) is 2.98. The molecule has 0 radical (unpaired) electrons. The minimum atomic E-state index is 0.582.